The van der Waals surface area contributed by atoms with Gasteiger partial charge in [-0.15, -0.1) is 0 Å². The van der Waals surface area contributed by atoms with Crippen molar-refractivity contribution < 1.29 is 5.11 Å². The first kappa shape index (κ1) is 16.6. The first-order valence-electron chi connectivity index (χ1n) is 6.31. The number of hydrogen-bond acceptors (Lipinski definition) is 2. The molecule has 0 fully saturated rings. The summed E-state index contributed by atoms with van der Waals surface area (Å²) in [5, 5.41) is 14.3. The highest BCUT2D eigenvalue weighted by Gasteiger charge is 2.13. The molecule has 0 aliphatic rings. The minimum Gasteiger partial charge on any atom is -0.505 e. The number of phenols is 1. The molecule has 1 unspecified atom stereocenters. The number of benzene rings is 2. The van der Waals surface area contributed by atoms with E-state index in [2.05, 4.69) is 5.32 Å². The Bertz CT molecular complexity index is 637. The Hall–Kier alpha value is -0.800. The molecule has 2 N–H and O–H groups in total. The highest BCUT2D eigenvalue weighted by Crippen LogP contribution is 2.36. The second-order valence-corrected chi connectivity index (χ2v) is 6.20. The minimum atomic E-state index is -0.119. The Kier molecular flexibility index (Phi) is 5.50. The molecule has 0 bridgehead atoms. The summed E-state index contributed by atoms with van der Waals surface area (Å²) in [6.45, 7) is 2.05. The molecule has 1 atom stereocenters. The largest absolute Gasteiger partial charge is 0.505 e. The molecule has 21 heavy (non-hydrogen) atoms. The lowest BCUT2D eigenvalue weighted by molar-refractivity contribution is 0.476. The second kappa shape index (κ2) is 6.97. The predicted octanol–water partition coefficient (Wildman–Crippen LogP) is 6.57. The van der Waals surface area contributed by atoms with Crippen molar-refractivity contribution in [3.8, 4) is 5.75 Å². The van der Waals surface area contributed by atoms with Crippen molar-refractivity contribution in [2.24, 2.45) is 0 Å². The summed E-state index contributed by atoms with van der Waals surface area (Å²) in [7, 11) is 0. The fourth-order valence-electron chi connectivity index (χ4n) is 2.00. The van der Waals surface area contributed by atoms with Crippen molar-refractivity contribution in [3.05, 3.63) is 56.0 Å². The molecule has 2 nitrogen and oxygen atoms in total. The SMILES string of the molecule is CCC(Nc1cc(Cl)c(O)c(Cl)c1)c1ccc(Cl)c(Cl)c1. The van der Waals surface area contributed by atoms with Crippen LogP contribution in [0.3, 0.4) is 0 Å². The van der Waals surface area contributed by atoms with Crippen LogP contribution >= 0.6 is 46.4 Å². The average Bonchev–Trinajstić information content (AvgIpc) is 2.45. The van der Waals surface area contributed by atoms with Crippen molar-refractivity contribution >= 4 is 52.1 Å². The molecule has 0 spiro atoms. The second-order valence-electron chi connectivity index (χ2n) is 4.57. The quantitative estimate of drug-likeness (QED) is 0.601. The normalized spacial score (nSPS) is 12.2. The summed E-state index contributed by atoms with van der Waals surface area (Å²) < 4.78 is 0. The maximum Gasteiger partial charge on any atom is 0.152 e. The fraction of sp³-hybridized carbons (Fsp3) is 0.200. The van der Waals surface area contributed by atoms with Gasteiger partial charge in [-0.2, -0.15) is 0 Å². The summed E-state index contributed by atoms with van der Waals surface area (Å²) in [5.41, 5.74) is 1.73. The zero-order chi connectivity index (χ0) is 15.6. The number of phenolic OH excluding ortho intramolecular Hbond substituents is 1. The number of halogens is 4. The number of anilines is 1. The van der Waals surface area contributed by atoms with Crippen molar-refractivity contribution in [1.29, 1.82) is 0 Å². The van der Waals surface area contributed by atoms with Crippen LogP contribution in [0.15, 0.2) is 30.3 Å². The molecule has 0 aliphatic heterocycles. The van der Waals surface area contributed by atoms with E-state index in [0.717, 1.165) is 17.7 Å². The van der Waals surface area contributed by atoms with Gasteiger partial charge >= 0.3 is 0 Å². The lowest BCUT2D eigenvalue weighted by Crippen LogP contribution is -2.09. The van der Waals surface area contributed by atoms with Gasteiger partial charge in [0.1, 0.15) is 0 Å². The molecule has 0 heterocycles. The van der Waals surface area contributed by atoms with E-state index in [1.165, 1.54) is 0 Å². The van der Waals surface area contributed by atoms with Gasteiger partial charge in [-0.3, -0.25) is 0 Å². The van der Waals surface area contributed by atoms with Crippen molar-refractivity contribution in [3.63, 3.8) is 0 Å². The third kappa shape index (κ3) is 3.89. The molecule has 0 amide bonds. The molecule has 0 saturated heterocycles. The van der Waals surface area contributed by atoms with Gasteiger partial charge in [-0.05, 0) is 36.2 Å². The van der Waals surface area contributed by atoms with Crippen LogP contribution in [0.5, 0.6) is 5.75 Å². The molecule has 0 aromatic heterocycles. The van der Waals surface area contributed by atoms with Gasteiger partial charge in [0.15, 0.2) is 5.75 Å². The van der Waals surface area contributed by atoms with Crippen LogP contribution < -0.4 is 5.32 Å². The lowest BCUT2D eigenvalue weighted by Gasteiger charge is -2.20. The third-order valence-electron chi connectivity index (χ3n) is 3.11. The van der Waals surface area contributed by atoms with E-state index >= 15 is 0 Å². The standard InChI is InChI=1S/C15H13Cl4NO/c1-2-14(8-3-4-10(16)11(17)5-8)20-9-6-12(18)15(21)13(19)7-9/h3-7,14,20-21H,2H2,1H3. The van der Waals surface area contributed by atoms with E-state index in [1.807, 2.05) is 19.1 Å². The molecule has 6 heteroatoms. The monoisotopic (exact) mass is 363 g/mol. The molecule has 0 aliphatic carbocycles. The van der Waals surface area contributed by atoms with Gasteiger partial charge in [-0.25, -0.2) is 0 Å². The molecule has 2 rings (SSSR count). The Morgan fingerprint density at radius 1 is 0.952 bits per heavy atom. The fourth-order valence-corrected chi connectivity index (χ4v) is 2.79. The molecule has 0 saturated carbocycles. The first-order chi connectivity index (χ1) is 9.92. The van der Waals surface area contributed by atoms with Crippen LogP contribution in [0, 0.1) is 0 Å². The van der Waals surface area contributed by atoms with Crippen LogP contribution in [0.2, 0.25) is 20.1 Å². The smallest absolute Gasteiger partial charge is 0.152 e. The van der Waals surface area contributed by atoms with Crippen molar-refractivity contribution in [2.75, 3.05) is 5.32 Å². The van der Waals surface area contributed by atoms with Crippen LogP contribution in [-0.2, 0) is 0 Å². The van der Waals surface area contributed by atoms with Crippen LogP contribution in [0.1, 0.15) is 24.9 Å². The van der Waals surface area contributed by atoms with E-state index in [-0.39, 0.29) is 21.8 Å². The Morgan fingerprint density at radius 3 is 2.10 bits per heavy atom. The summed E-state index contributed by atoms with van der Waals surface area (Å²) in [5.74, 6) is -0.119. The molecule has 2 aromatic carbocycles. The zero-order valence-electron chi connectivity index (χ0n) is 11.1. The average molecular weight is 365 g/mol. The van der Waals surface area contributed by atoms with E-state index in [0.29, 0.717) is 10.0 Å². The van der Waals surface area contributed by atoms with E-state index in [4.69, 9.17) is 46.4 Å². The number of hydrogen-bond donors (Lipinski definition) is 2. The Balaban J connectivity index is 2.28. The van der Waals surface area contributed by atoms with Gasteiger partial charge in [-0.1, -0.05) is 59.4 Å². The van der Waals surface area contributed by atoms with Crippen LogP contribution in [0.25, 0.3) is 0 Å². The topological polar surface area (TPSA) is 32.3 Å². The third-order valence-corrected chi connectivity index (χ3v) is 4.43. The van der Waals surface area contributed by atoms with E-state index < -0.39 is 0 Å². The summed E-state index contributed by atoms with van der Waals surface area (Å²) in [6.07, 6.45) is 0.827. The van der Waals surface area contributed by atoms with Crippen molar-refractivity contribution in [2.45, 2.75) is 19.4 Å². The van der Waals surface area contributed by atoms with Gasteiger partial charge in [0.2, 0.25) is 0 Å². The van der Waals surface area contributed by atoms with Gasteiger partial charge < -0.3 is 10.4 Å². The maximum atomic E-state index is 9.58. The van der Waals surface area contributed by atoms with Crippen molar-refractivity contribution in [1.82, 2.24) is 0 Å². The Labute approximate surface area is 143 Å². The van der Waals surface area contributed by atoms with Gasteiger partial charge in [0.05, 0.1) is 26.1 Å². The minimum absolute atomic E-state index is 0.0245. The Morgan fingerprint density at radius 2 is 1.57 bits per heavy atom. The molecular formula is C15H13Cl4NO. The molecule has 112 valence electrons. The predicted molar refractivity (Wildman–Crippen MR) is 91.2 cm³/mol. The number of nitrogens with one attached hydrogen (secondary N) is 1. The van der Waals surface area contributed by atoms with Gasteiger partial charge in [0.25, 0.3) is 0 Å². The molecule has 2 aromatic rings. The molecule has 0 radical (unpaired) electrons. The highest BCUT2D eigenvalue weighted by atomic mass is 35.5. The maximum absolute atomic E-state index is 9.58. The van der Waals surface area contributed by atoms with Gasteiger partial charge in [0, 0.05) is 5.69 Å². The summed E-state index contributed by atoms with van der Waals surface area (Å²) in [6, 6.07) is 8.79. The molecular weight excluding hydrogens is 352 g/mol. The van der Waals surface area contributed by atoms with E-state index in [9.17, 15) is 5.11 Å². The lowest BCUT2D eigenvalue weighted by atomic mass is 10.0. The summed E-state index contributed by atoms with van der Waals surface area (Å²) >= 11 is 23.8. The van der Waals surface area contributed by atoms with Crippen LogP contribution in [0.4, 0.5) is 5.69 Å². The number of rotatable bonds is 4. The summed E-state index contributed by atoms with van der Waals surface area (Å²) in [4.78, 5) is 0. The number of aromatic hydroxyl groups is 1. The van der Waals surface area contributed by atoms with Crippen LogP contribution in [-0.4, -0.2) is 5.11 Å². The highest BCUT2D eigenvalue weighted by molar-refractivity contribution is 6.42. The first-order valence-corrected chi connectivity index (χ1v) is 7.83. The zero-order valence-corrected chi connectivity index (χ0v) is 14.2. The van der Waals surface area contributed by atoms with E-state index in [1.54, 1.807) is 18.2 Å².